The molecular weight excluding hydrogens is 274 g/mol. The lowest BCUT2D eigenvalue weighted by atomic mass is 10.2. The topological polar surface area (TPSA) is 66.4 Å². The van der Waals surface area contributed by atoms with E-state index in [1.165, 1.54) is 11.3 Å². The summed E-state index contributed by atoms with van der Waals surface area (Å²) in [4.78, 5) is 22.5. The number of aryl methyl sites for hydroxylation is 1. The molecule has 0 unspecified atom stereocenters. The zero-order chi connectivity index (χ0) is 13.3. The Morgan fingerprint density at radius 1 is 1.44 bits per heavy atom. The number of benzene rings is 1. The van der Waals surface area contributed by atoms with Gasteiger partial charge in [-0.2, -0.15) is 0 Å². The smallest absolute Gasteiger partial charge is 0.322 e. The molecule has 0 saturated carbocycles. The van der Waals surface area contributed by atoms with Crippen LogP contribution in [0.2, 0.25) is 5.02 Å². The number of rotatable bonds is 3. The highest BCUT2D eigenvalue weighted by atomic mass is 35.5. The average molecular weight is 284 g/mol. The predicted molar refractivity (Wildman–Crippen MR) is 71.5 cm³/mol. The molecule has 0 saturated heterocycles. The summed E-state index contributed by atoms with van der Waals surface area (Å²) in [6.45, 7) is 1.54. The SMILES string of the molecule is Cc1ccc2c(Cl)c(C(=O)NCC(=O)O)sc2c1. The Morgan fingerprint density at radius 2 is 2.17 bits per heavy atom. The monoisotopic (exact) mass is 283 g/mol. The molecule has 94 valence electrons. The van der Waals surface area contributed by atoms with Crippen LogP contribution in [-0.4, -0.2) is 23.5 Å². The van der Waals surface area contributed by atoms with E-state index in [0.717, 1.165) is 15.6 Å². The first kappa shape index (κ1) is 12.9. The van der Waals surface area contributed by atoms with Gasteiger partial charge < -0.3 is 10.4 Å². The van der Waals surface area contributed by atoms with Crippen LogP contribution in [0.4, 0.5) is 0 Å². The maximum absolute atomic E-state index is 11.8. The molecule has 1 heterocycles. The number of carbonyl (C=O) groups excluding carboxylic acids is 1. The summed E-state index contributed by atoms with van der Waals surface area (Å²) in [7, 11) is 0. The highest BCUT2D eigenvalue weighted by Crippen LogP contribution is 2.35. The normalized spacial score (nSPS) is 10.6. The van der Waals surface area contributed by atoms with Gasteiger partial charge in [-0.25, -0.2) is 0 Å². The summed E-state index contributed by atoms with van der Waals surface area (Å²) in [5, 5.41) is 12.0. The number of halogens is 1. The number of amides is 1. The van der Waals surface area contributed by atoms with Gasteiger partial charge in [0.1, 0.15) is 11.4 Å². The van der Waals surface area contributed by atoms with Crippen LogP contribution >= 0.6 is 22.9 Å². The van der Waals surface area contributed by atoms with E-state index in [9.17, 15) is 9.59 Å². The van der Waals surface area contributed by atoms with Crippen LogP contribution in [0, 0.1) is 6.92 Å². The zero-order valence-corrected chi connectivity index (χ0v) is 11.1. The van der Waals surface area contributed by atoms with Gasteiger partial charge in [-0.05, 0) is 18.6 Å². The van der Waals surface area contributed by atoms with Crippen molar-refractivity contribution in [3.05, 3.63) is 33.7 Å². The third-order valence-electron chi connectivity index (χ3n) is 2.39. The van der Waals surface area contributed by atoms with Crippen molar-refractivity contribution >= 4 is 44.9 Å². The van der Waals surface area contributed by atoms with Gasteiger partial charge >= 0.3 is 5.97 Å². The maximum Gasteiger partial charge on any atom is 0.322 e. The number of carboxylic acids is 1. The van der Waals surface area contributed by atoms with Crippen LogP contribution in [-0.2, 0) is 4.79 Å². The lowest BCUT2D eigenvalue weighted by Crippen LogP contribution is -2.28. The van der Waals surface area contributed by atoms with Crippen molar-refractivity contribution in [2.45, 2.75) is 6.92 Å². The van der Waals surface area contributed by atoms with Gasteiger partial charge in [0.15, 0.2) is 0 Å². The second-order valence-electron chi connectivity index (χ2n) is 3.82. The van der Waals surface area contributed by atoms with Crippen LogP contribution in [0.5, 0.6) is 0 Å². The number of aliphatic carboxylic acids is 1. The van der Waals surface area contributed by atoms with Gasteiger partial charge in [-0.3, -0.25) is 9.59 Å². The molecule has 0 aliphatic rings. The lowest BCUT2D eigenvalue weighted by Gasteiger charge is -1.99. The number of fused-ring (bicyclic) bond motifs is 1. The molecule has 0 atom stereocenters. The summed E-state index contributed by atoms with van der Waals surface area (Å²) >= 11 is 7.38. The fraction of sp³-hybridized carbons (Fsp3) is 0.167. The van der Waals surface area contributed by atoms with E-state index in [1.807, 2.05) is 25.1 Å². The van der Waals surface area contributed by atoms with Crippen molar-refractivity contribution in [2.24, 2.45) is 0 Å². The van der Waals surface area contributed by atoms with E-state index in [4.69, 9.17) is 16.7 Å². The maximum atomic E-state index is 11.8. The Bertz CT molecular complexity index is 636. The highest BCUT2D eigenvalue weighted by molar-refractivity contribution is 7.21. The zero-order valence-electron chi connectivity index (χ0n) is 9.49. The molecule has 2 N–H and O–H groups in total. The second kappa shape index (κ2) is 4.96. The van der Waals surface area contributed by atoms with Gasteiger partial charge in [-0.15, -0.1) is 11.3 Å². The molecule has 2 aromatic rings. The molecular formula is C12H10ClNO3S. The minimum Gasteiger partial charge on any atom is -0.480 e. The van der Waals surface area contributed by atoms with Gasteiger partial charge in [-0.1, -0.05) is 23.7 Å². The Kier molecular flexibility index (Phi) is 3.54. The van der Waals surface area contributed by atoms with Crippen molar-refractivity contribution in [3.8, 4) is 0 Å². The fourth-order valence-corrected chi connectivity index (χ4v) is 3.09. The molecule has 1 aromatic carbocycles. The van der Waals surface area contributed by atoms with E-state index in [-0.39, 0.29) is 0 Å². The predicted octanol–water partition coefficient (Wildman–Crippen LogP) is 2.68. The molecule has 0 bridgehead atoms. The third-order valence-corrected chi connectivity index (χ3v) is 4.05. The molecule has 0 aliphatic heterocycles. The number of nitrogens with one attached hydrogen (secondary N) is 1. The summed E-state index contributed by atoms with van der Waals surface area (Å²) in [5.74, 6) is -1.54. The second-order valence-corrected chi connectivity index (χ2v) is 5.25. The Labute approximate surface area is 112 Å². The van der Waals surface area contributed by atoms with Crippen molar-refractivity contribution in [3.63, 3.8) is 0 Å². The first-order chi connectivity index (χ1) is 8.49. The van der Waals surface area contributed by atoms with Crippen molar-refractivity contribution in [2.75, 3.05) is 6.54 Å². The minimum atomic E-state index is -1.09. The molecule has 0 radical (unpaired) electrons. The fourth-order valence-electron chi connectivity index (χ4n) is 1.55. The molecule has 1 aromatic heterocycles. The summed E-state index contributed by atoms with van der Waals surface area (Å²) in [5.41, 5.74) is 1.08. The van der Waals surface area contributed by atoms with E-state index in [0.29, 0.717) is 9.90 Å². The molecule has 6 heteroatoms. The van der Waals surface area contributed by atoms with Crippen LogP contribution in [0.1, 0.15) is 15.2 Å². The number of carbonyl (C=O) groups is 2. The highest BCUT2D eigenvalue weighted by Gasteiger charge is 2.17. The van der Waals surface area contributed by atoms with Crippen LogP contribution in [0.25, 0.3) is 10.1 Å². The quantitative estimate of drug-likeness (QED) is 0.910. The largest absolute Gasteiger partial charge is 0.480 e. The summed E-state index contributed by atoms with van der Waals surface area (Å²) in [6.07, 6.45) is 0. The number of thiophene rings is 1. The van der Waals surface area contributed by atoms with Crippen LogP contribution in [0.15, 0.2) is 18.2 Å². The standard InChI is InChI=1S/C12H10ClNO3S/c1-6-2-3-7-8(4-6)18-11(10(7)13)12(17)14-5-9(15)16/h2-4H,5H2,1H3,(H,14,17)(H,15,16). The van der Waals surface area contributed by atoms with Crippen molar-refractivity contribution < 1.29 is 14.7 Å². The lowest BCUT2D eigenvalue weighted by molar-refractivity contribution is -0.135. The van der Waals surface area contributed by atoms with E-state index in [1.54, 1.807) is 0 Å². The van der Waals surface area contributed by atoms with Gasteiger partial charge in [0.2, 0.25) is 0 Å². The van der Waals surface area contributed by atoms with Gasteiger partial charge in [0.05, 0.1) is 5.02 Å². The van der Waals surface area contributed by atoms with Crippen LogP contribution in [0.3, 0.4) is 0 Å². The molecule has 1 amide bonds. The molecule has 18 heavy (non-hydrogen) atoms. The first-order valence-electron chi connectivity index (χ1n) is 5.17. The van der Waals surface area contributed by atoms with Gasteiger partial charge in [0, 0.05) is 10.1 Å². The van der Waals surface area contributed by atoms with Gasteiger partial charge in [0.25, 0.3) is 5.91 Å². The minimum absolute atomic E-state index is 0.346. The Hall–Kier alpha value is -1.59. The van der Waals surface area contributed by atoms with E-state index < -0.39 is 18.4 Å². The Morgan fingerprint density at radius 3 is 2.83 bits per heavy atom. The van der Waals surface area contributed by atoms with E-state index in [2.05, 4.69) is 5.32 Å². The Balaban J connectivity index is 2.36. The number of carboxylic acid groups (broad SMARTS) is 1. The van der Waals surface area contributed by atoms with Crippen molar-refractivity contribution in [1.29, 1.82) is 0 Å². The molecule has 0 fully saturated rings. The summed E-state index contributed by atoms with van der Waals surface area (Å²) < 4.78 is 0.917. The number of hydrogen-bond acceptors (Lipinski definition) is 3. The summed E-state index contributed by atoms with van der Waals surface area (Å²) in [6, 6.07) is 5.72. The molecule has 4 nitrogen and oxygen atoms in total. The van der Waals surface area contributed by atoms with Crippen molar-refractivity contribution in [1.82, 2.24) is 5.32 Å². The third kappa shape index (κ3) is 2.47. The molecule has 2 rings (SSSR count). The first-order valence-corrected chi connectivity index (χ1v) is 6.37. The number of hydrogen-bond donors (Lipinski definition) is 2. The van der Waals surface area contributed by atoms with Crippen LogP contribution < -0.4 is 5.32 Å². The van der Waals surface area contributed by atoms with E-state index >= 15 is 0 Å². The molecule has 0 aliphatic carbocycles. The average Bonchev–Trinajstić information content (AvgIpc) is 2.63. The molecule has 0 spiro atoms.